The molecule has 1 aliphatic heterocycles. The van der Waals surface area contributed by atoms with Gasteiger partial charge in [-0.05, 0) is 24.0 Å². The van der Waals surface area contributed by atoms with E-state index in [1.807, 2.05) is 29.2 Å². The van der Waals surface area contributed by atoms with Crippen molar-refractivity contribution < 1.29 is 18.8 Å². The zero-order chi connectivity index (χ0) is 17.4. The van der Waals surface area contributed by atoms with Crippen molar-refractivity contribution in [1.29, 1.82) is 0 Å². The topological polar surface area (TPSA) is 64.8 Å². The molecule has 2 fully saturated rings. The summed E-state index contributed by atoms with van der Waals surface area (Å²) >= 11 is 0. The van der Waals surface area contributed by atoms with Crippen LogP contribution in [0.4, 0.5) is 0 Å². The molecule has 0 radical (unpaired) electrons. The lowest BCUT2D eigenvalue weighted by Gasteiger charge is -2.38. The van der Waals surface area contributed by atoms with E-state index in [0.29, 0.717) is 19.7 Å². The maximum Gasteiger partial charge on any atom is 0.226 e. The number of rotatable bonds is 6. The molecule has 2 aromatic rings. The van der Waals surface area contributed by atoms with Crippen LogP contribution in [0.3, 0.4) is 0 Å². The van der Waals surface area contributed by atoms with Crippen LogP contribution >= 0.6 is 0 Å². The number of amides is 1. The molecule has 6 nitrogen and oxygen atoms in total. The fourth-order valence-electron chi connectivity index (χ4n) is 3.60. The Hall–Kier alpha value is -2.34. The molecule has 0 spiro atoms. The summed E-state index contributed by atoms with van der Waals surface area (Å²) < 4.78 is 15.7. The Bertz CT molecular complexity index is 766. The zero-order valence-corrected chi connectivity index (χ0v) is 14.5. The number of hydrogen-bond acceptors (Lipinski definition) is 5. The number of likely N-dealkylation sites (tertiary alicyclic amines) is 1. The van der Waals surface area contributed by atoms with Crippen LogP contribution in [0.2, 0.25) is 0 Å². The molecule has 1 amide bonds. The predicted molar refractivity (Wildman–Crippen MR) is 90.4 cm³/mol. The van der Waals surface area contributed by atoms with Crippen LogP contribution in [0.1, 0.15) is 35.3 Å². The van der Waals surface area contributed by atoms with Crippen molar-refractivity contribution in [3.63, 3.8) is 0 Å². The molecule has 1 aromatic heterocycles. The van der Waals surface area contributed by atoms with Gasteiger partial charge in [-0.2, -0.15) is 0 Å². The Labute approximate surface area is 146 Å². The molecule has 6 heteroatoms. The Balaban J connectivity index is 1.33. The SMILES string of the molecule is COCc1cc(C2CN(C(=O)[C@@H]3C[C@H]3c3ccccc3OC)C2)no1. The van der Waals surface area contributed by atoms with E-state index in [0.717, 1.165) is 29.2 Å². The molecule has 0 unspecified atom stereocenters. The molecular weight excluding hydrogens is 320 g/mol. The second-order valence-electron chi connectivity index (χ2n) is 6.78. The smallest absolute Gasteiger partial charge is 0.226 e. The number of carbonyl (C=O) groups is 1. The second-order valence-corrected chi connectivity index (χ2v) is 6.78. The van der Waals surface area contributed by atoms with Crippen molar-refractivity contribution in [2.24, 2.45) is 5.92 Å². The van der Waals surface area contributed by atoms with Gasteiger partial charge >= 0.3 is 0 Å². The summed E-state index contributed by atoms with van der Waals surface area (Å²) in [6.45, 7) is 1.85. The molecule has 25 heavy (non-hydrogen) atoms. The number of carbonyl (C=O) groups excluding carboxylic acids is 1. The molecule has 1 saturated heterocycles. The molecule has 2 heterocycles. The minimum atomic E-state index is 0.0820. The van der Waals surface area contributed by atoms with E-state index in [1.165, 1.54) is 0 Å². The van der Waals surface area contributed by atoms with Crippen LogP contribution in [0.25, 0.3) is 0 Å². The Morgan fingerprint density at radius 3 is 2.88 bits per heavy atom. The molecule has 1 aliphatic carbocycles. The van der Waals surface area contributed by atoms with Gasteiger partial charge in [0.2, 0.25) is 5.91 Å². The fraction of sp³-hybridized carbons (Fsp3) is 0.474. The van der Waals surface area contributed by atoms with Crippen LogP contribution in [0.5, 0.6) is 5.75 Å². The predicted octanol–water partition coefficient (Wildman–Crippen LogP) is 2.56. The Morgan fingerprint density at radius 2 is 2.12 bits per heavy atom. The largest absolute Gasteiger partial charge is 0.496 e. The molecule has 0 N–H and O–H groups in total. The molecule has 2 aliphatic rings. The van der Waals surface area contributed by atoms with E-state index in [4.69, 9.17) is 14.0 Å². The van der Waals surface area contributed by atoms with Gasteiger partial charge in [0.15, 0.2) is 5.76 Å². The van der Waals surface area contributed by atoms with Gasteiger partial charge in [-0.1, -0.05) is 23.4 Å². The number of hydrogen-bond donors (Lipinski definition) is 0. The second kappa shape index (κ2) is 6.52. The highest BCUT2D eigenvalue weighted by atomic mass is 16.5. The fourth-order valence-corrected chi connectivity index (χ4v) is 3.60. The van der Waals surface area contributed by atoms with E-state index < -0.39 is 0 Å². The molecule has 1 aromatic carbocycles. The number of methoxy groups -OCH3 is 2. The summed E-state index contributed by atoms with van der Waals surface area (Å²) in [6.07, 6.45) is 0.905. The molecule has 1 saturated carbocycles. The number of benzene rings is 1. The minimum absolute atomic E-state index is 0.0820. The highest BCUT2D eigenvalue weighted by Crippen LogP contribution is 2.51. The first-order valence-corrected chi connectivity index (χ1v) is 8.57. The summed E-state index contributed by atoms with van der Waals surface area (Å²) in [4.78, 5) is 14.6. The highest BCUT2D eigenvalue weighted by Gasteiger charge is 2.49. The molecular formula is C19H22N2O4. The standard InChI is InChI=1S/C19H22N2O4/c1-23-11-13-7-17(20-25-13)12-9-21(10-12)19(22)16-8-15(16)14-5-3-4-6-18(14)24-2/h3-7,12,15-16H,8-11H2,1-2H3/t15-,16+/m0/s1. The van der Waals surface area contributed by atoms with Crippen molar-refractivity contribution in [3.05, 3.63) is 47.3 Å². The average molecular weight is 342 g/mol. The minimum Gasteiger partial charge on any atom is -0.496 e. The maximum atomic E-state index is 12.7. The van der Waals surface area contributed by atoms with E-state index in [1.54, 1.807) is 14.2 Å². The lowest BCUT2D eigenvalue weighted by atomic mass is 9.95. The van der Waals surface area contributed by atoms with Gasteiger partial charge in [0.25, 0.3) is 0 Å². The van der Waals surface area contributed by atoms with Crippen LogP contribution in [0.15, 0.2) is 34.9 Å². The molecule has 132 valence electrons. The van der Waals surface area contributed by atoms with Crippen LogP contribution < -0.4 is 4.74 Å². The monoisotopic (exact) mass is 342 g/mol. The number of ether oxygens (including phenoxy) is 2. The van der Waals surface area contributed by atoms with Gasteiger partial charge in [-0.3, -0.25) is 4.79 Å². The zero-order valence-electron chi connectivity index (χ0n) is 14.5. The lowest BCUT2D eigenvalue weighted by Crippen LogP contribution is -2.49. The summed E-state index contributed by atoms with van der Waals surface area (Å²) in [5.41, 5.74) is 2.05. The lowest BCUT2D eigenvalue weighted by molar-refractivity contribution is -0.137. The molecule has 2 atom stereocenters. The van der Waals surface area contributed by atoms with E-state index in [9.17, 15) is 4.79 Å². The van der Waals surface area contributed by atoms with Gasteiger partial charge in [0, 0.05) is 38.1 Å². The first-order chi connectivity index (χ1) is 12.2. The third kappa shape index (κ3) is 3.02. The van der Waals surface area contributed by atoms with Crippen molar-refractivity contribution in [1.82, 2.24) is 10.1 Å². The summed E-state index contributed by atoms with van der Waals surface area (Å²) in [7, 11) is 3.30. The highest BCUT2D eigenvalue weighted by molar-refractivity contribution is 5.84. The van der Waals surface area contributed by atoms with Crippen molar-refractivity contribution in [2.45, 2.75) is 24.9 Å². The summed E-state index contributed by atoms with van der Waals surface area (Å²) in [5, 5.41) is 4.09. The average Bonchev–Trinajstić information content (AvgIpc) is 3.27. The van der Waals surface area contributed by atoms with Gasteiger partial charge < -0.3 is 18.9 Å². The van der Waals surface area contributed by atoms with Crippen LogP contribution in [-0.4, -0.2) is 43.3 Å². The van der Waals surface area contributed by atoms with Crippen LogP contribution in [-0.2, 0) is 16.1 Å². The van der Waals surface area contributed by atoms with Crippen molar-refractivity contribution >= 4 is 5.91 Å². The number of aromatic nitrogens is 1. The third-order valence-electron chi connectivity index (χ3n) is 5.12. The van der Waals surface area contributed by atoms with Crippen molar-refractivity contribution in [2.75, 3.05) is 27.3 Å². The number of nitrogens with zero attached hydrogens (tertiary/aromatic N) is 2. The van der Waals surface area contributed by atoms with Gasteiger partial charge in [-0.15, -0.1) is 0 Å². The van der Waals surface area contributed by atoms with Crippen molar-refractivity contribution in [3.8, 4) is 5.75 Å². The maximum absolute atomic E-state index is 12.7. The van der Waals surface area contributed by atoms with Gasteiger partial charge in [0.05, 0.1) is 12.8 Å². The third-order valence-corrected chi connectivity index (χ3v) is 5.12. The summed E-state index contributed by atoms with van der Waals surface area (Å²) in [6, 6.07) is 9.89. The quantitative estimate of drug-likeness (QED) is 0.807. The Morgan fingerprint density at radius 1 is 1.32 bits per heavy atom. The first-order valence-electron chi connectivity index (χ1n) is 8.57. The molecule has 0 bridgehead atoms. The van der Waals surface area contributed by atoms with Crippen LogP contribution in [0, 0.1) is 5.92 Å². The first kappa shape index (κ1) is 16.1. The van der Waals surface area contributed by atoms with E-state index in [-0.39, 0.29) is 23.7 Å². The Kier molecular flexibility index (Phi) is 4.21. The molecule has 4 rings (SSSR count). The normalized spacial score (nSPS) is 22.6. The number of para-hydroxylation sites is 1. The summed E-state index contributed by atoms with van der Waals surface area (Å²) in [5.74, 6) is 2.47. The van der Waals surface area contributed by atoms with E-state index >= 15 is 0 Å². The van der Waals surface area contributed by atoms with Gasteiger partial charge in [0.1, 0.15) is 12.4 Å². The van der Waals surface area contributed by atoms with Gasteiger partial charge in [-0.25, -0.2) is 0 Å². The van der Waals surface area contributed by atoms with E-state index in [2.05, 4.69) is 11.2 Å².